The quantitative estimate of drug-likeness (QED) is 0.596. The third-order valence-corrected chi connectivity index (χ3v) is 5.66. The van der Waals surface area contributed by atoms with Gasteiger partial charge in [0.1, 0.15) is 10.8 Å². The first-order valence-corrected chi connectivity index (χ1v) is 10.1. The number of carbonyl (C=O) groups is 1. The van der Waals surface area contributed by atoms with Gasteiger partial charge in [-0.2, -0.15) is 9.78 Å². The maximum absolute atomic E-state index is 13.0. The molecule has 2 aromatic carbocycles. The van der Waals surface area contributed by atoms with Gasteiger partial charge < -0.3 is 5.32 Å². The zero-order chi connectivity index (χ0) is 21.0. The van der Waals surface area contributed by atoms with Gasteiger partial charge in [-0.3, -0.25) is 9.59 Å². The van der Waals surface area contributed by atoms with Crippen molar-refractivity contribution < 1.29 is 9.18 Å². The van der Waals surface area contributed by atoms with Crippen LogP contribution in [0.25, 0.3) is 5.69 Å². The van der Waals surface area contributed by atoms with E-state index in [0.29, 0.717) is 22.3 Å². The molecule has 1 N–H and O–H groups in total. The van der Waals surface area contributed by atoms with E-state index in [1.54, 1.807) is 37.3 Å². The smallest absolute Gasteiger partial charge is 0.271 e. The molecule has 29 heavy (non-hydrogen) atoms. The van der Waals surface area contributed by atoms with Crippen LogP contribution in [0.3, 0.4) is 0 Å². The Bertz CT molecular complexity index is 1090. The van der Waals surface area contributed by atoms with Crippen LogP contribution in [0.5, 0.6) is 0 Å². The van der Waals surface area contributed by atoms with Crippen LogP contribution in [0.4, 0.5) is 4.39 Å². The summed E-state index contributed by atoms with van der Waals surface area (Å²) >= 11 is 7.39. The summed E-state index contributed by atoms with van der Waals surface area (Å²) in [4.78, 5) is 24.6. The number of thioether (sulfide) groups is 1. The van der Waals surface area contributed by atoms with Crippen LogP contribution in [-0.4, -0.2) is 20.9 Å². The van der Waals surface area contributed by atoms with Gasteiger partial charge in [-0.25, -0.2) is 4.39 Å². The summed E-state index contributed by atoms with van der Waals surface area (Å²) in [6.45, 7) is 3.93. The summed E-state index contributed by atoms with van der Waals surface area (Å²) in [6, 6.07) is 14.2. The van der Waals surface area contributed by atoms with Crippen molar-refractivity contribution in [3.8, 4) is 5.69 Å². The van der Waals surface area contributed by atoms with Crippen LogP contribution in [0.2, 0.25) is 5.02 Å². The van der Waals surface area contributed by atoms with Gasteiger partial charge in [0.05, 0.1) is 10.9 Å². The largest absolute Gasteiger partial charge is 0.351 e. The molecule has 0 spiro atoms. The van der Waals surface area contributed by atoms with Gasteiger partial charge >= 0.3 is 0 Å². The summed E-state index contributed by atoms with van der Waals surface area (Å²) in [5.74, 6) is -0.502. The molecular weight excluding hydrogens is 413 g/mol. The van der Waals surface area contributed by atoms with Gasteiger partial charge in [-0.05, 0) is 55.3 Å². The number of hydrogen-bond donors (Lipinski definition) is 1. The highest BCUT2D eigenvalue weighted by atomic mass is 35.5. The van der Waals surface area contributed by atoms with Gasteiger partial charge in [0.25, 0.3) is 5.56 Å². The second-order valence-corrected chi connectivity index (χ2v) is 8.23. The Morgan fingerprint density at radius 2 is 1.93 bits per heavy atom. The number of amides is 1. The molecule has 3 aromatic rings. The SMILES string of the molecule is Cc1ccc(-n2nc(S[C@H](C)C(=O)NCc3ccc(F)cc3)ccc2=O)cc1Cl. The first-order chi connectivity index (χ1) is 13.8. The number of carbonyl (C=O) groups excluding carboxylic acids is 1. The van der Waals surface area contributed by atoms with Crippen molar-refractivity contribution >= 4 is 29.3 Å². The molecule has 0 aliphatic rings. The summed E-state index contributed by atoms with van der Waals surface area (Å²) in [5, 5.41) is 7.81. The molecule has 0 fully saturated rings. The lowest BCUT2D eigenvalue weighted by molar-refractivity contribution is -0.120. The number of aromatic nitrogens is 2. The maximum atomic E-state index is 13.0. The molecule has 1 aromatic heterocycles. The Balaban J connectivity index is 1.69. The molecule has 0 bridgehead atoms. The number of aryl methyl sites for hydroxylation is 1. The van der Waals surface area contributed by atoms with Gasteiger partial charge in [-0.1, -0.05) is 41.6 Å². The number of hydrogen-bond acceptors (Lipinski definition) is 4. The van der Waals surface area contributed by atoms with Crippen molar-refractivity contribution in [1.82, 2.24) is 15.1 Å². The molecule has 0 radical (unpaired) electrons. The lowest BCUT2D eigenvalue weighted by Gasteiger charge is -2.13. The predicted molar refractivity (Wildman–Crippen MR) is 113 cm³/mol. The van der Waals surface area contributed by atoms with Crippen LogP contribution in [0, 0.1) is 12.7 Å². The van der Waals surface area contributed by atoms with E-state index in [0.717, 1.165) is 11.1 Å². The topological polar surface area (TPSA) is 64.0 Å². The molecule has 0 aliphatic heterocycles. The van der Waals surface area contributed by atoms with Crippen LogP contribution in [0.1, 0.15) is 18.1 Å². The molecule has 5 nitrogen and oxygen atoms in total. The highest BCUT2D eigenvalue weighted by Crippen LogP contribution is 2.22. The Morgan fingerprint density at radius 3 is 2.62 bits per heavy atom. The molecule has 150 valence electrons. The highest BCUT2D eigenvalue weighted by molar-refractivity contribution is 8.00. The van der Waals surface area contributed by atoms with Gasteiger partial charge in [0.15, 0.2) is 0 Å². The van der Waals surface area contributed by atoms with Crippen molar-refractivity contribution in [1.29, 1.82) is 0 Å². The first kappa shape index (κ1) is 21.1. The van der Waals surface area contributed by atoms with E-state index in [2.05, 4.69) is 10.4 Å². The van der Waals surface area contributed by atoms with Gasteiger partial charge in [0.2, 0.25) is 5.91 Å². The third-order valence-electron chi connectivity index (χ3n) is 4.22. The van der Waals surface area contributed by atoms with E-state index in [1.807, 2.05) is 13.0 Å². The normalized spacial score (nSPS) is 11.9. The van der Waals surface area contributed by atoms with Crippen molar-refractivity contribution in [2.24, 2.45) is 0 Å². The summed E-state index contributed by atoms with van der Waals surface area (Å²) in [7, 11) is 0. The third kappa shape index (κ3) is 5.46. The van der Waals surface area contributed by atoms with Crippen molar-refractivity contribution in [2.75, 3.05) is 0 Å². The van der Waals surface area contributed by atoms with Crippen LogP contribution in [0.15, 0.2) is 64.4 Å². The Labute approximate surface area is 176 Å². The minimum atomic E-state index is -0.435. The molecule has 0 unspecified atom stereocenters. The average Bonchev–Trinajstić information content (AvgIpc) is 2.71. The molecule has 3 rings (SSSR count). The zero-order valence-corrected chi connectivity index (χ0v) is 17.4. The van der Waals surface area contributed by atoms with E-state index < -0.39 is 5.25 Å². The lowest BCUT2D eigenvalue weighted by atomic mass is 10.2. The fraction of sp³-hybridized carbons (Fsp3) is 0.190. The van der Waals surface area contributed by atoms with E-state index in [-0.39, 0.29) is 17.3 Å². The number of nitrogens with one attached hydrogen (secondary N) is 1. The van der Waals surface area contributed by atoms with E-state index in [9.17, 15) is 14.0 Å². The van der Waals surface area contributed by atoms with Crippen LogP contribution >= 0.6 is 23.4 Å². The Morgan fingerprint density at radius 1 is 1.21 bits per heavy atom. The Kier molecular flexibility index (Phi) is 6.71. The minimum Gasteiger partial charge on any atom is -0.351 e. The molecule has 0 saturated heterocycles. The number of rotatable bonds is 6. The van der Waals surface area contributed by atoms with Crippen molar-refractivity contribution in [3.05, 3.63) is 86.9 Å². The summed E-state index contributed by atoms with van der Waals surface area (Å²) < 4.78 is 14.2. The minimum absolute atomic E-state index is 0.183. The lowest BCUT2D eigenvalue weighted by Crippen LogP contribution is -2.30. The standard InChI is InChI=1S/C21H19ClFN3O2S/c1-13-3-8-17(11-18(13)22)26-20(27)10-9-19(25-26)29-14(2)21(28)24-12-15-4-6-16(23)7-5-15/h3-11,14H,12H2,1-2H3,(H,24,28)/t14-/m1/s1. The molecule has 8 heteroatoms. The van der Waals surface area contributed by atoms with Crippen molar-refractivity contribution in [2.45, 2.75) is 30.7 Å². The van der Waals surface area contributed by atoms with Crippen LogP contribution in [-0.2, 0) is 11.3 Å². The highest BCUT2D eigenvalue weighted by Gasteiger charge is 2.16. The zero-order valence-electron chi connectivity index (χ0n) is 15.9. The number of nitrogens with zero attached hydrogens (tertiary/aromatic N) is 2. The molecular formula is C21H19ClFN3O2S. The number of benzene rings is 2. The van der Waals surface area contributed by atoms with Gasteiger partial charge in [-0.15, -0.1) is 0 Å². The first-order valence-electron chi connectivity index (χ1n) is 8.89. The molecule has 1 atom stereocenters. The molecule has 1 heterocycles. The Hall–Kier alpha value is -2.64. The monoisotopic (exact) mass is 431 g/mol. The van der Waals surface area contributed by atoms with Crippen LogP contribution < -0.4 is 10.9 Å². The molecule has 0 aliphatic carbocycles. The predicted octanol–water partition coefficient (Wildman–Crippen LogP) is 4.13. The molecule has 0 saturated carbocycles. The van der Waals surface area contributed by atoms with Crippen molar-refractivity contribution in [3.63, 3.8) is 0 Å². The average molecular weight is 432 g/mol. The fourth-order valence-electron chi connectivity index (χ4n) is 2.53. The summed E-state index contributed by atoms with van der Waals surface area (Å²) in [6.07, 6.45) is 0. The van der Waals surface area contributed by atoms with Gasteiger partial charge in [0, 0.05) is 17.6 Å². The van der Waals surface area contributed by atoms with E-state index >= 15 is 0 Å². The molecule has 1 amide bonds. The van der Waals surface area contributed by atoms with E-state index in [1.165, 1.54) is 34.6 Å². The fourth-order valence-corrected chi connectivity index (χ4v) is 3.53. The number of halogens is 2. The van der Waals surface area contributed by atoms with E-state index in [4.69, 9.17) is 11.6 Å². The maximum Gasteiger partial charge on any atom is 0.271 e. The second kappa shape index (κ2) is 9.24. The second-order valence-electron chi connectivity index (χ2n) is 6.46. The summed E-state index contributed by atoms with van der Waals surface area (Å²) in [5.41, 5.74) is 1.98.